The molecule has 1 amide bonds. The van der Waals surface area contributed by atoms with E-state index in [0.29, 0.717) is 23.7 Å². The summed E-state index contributed by atoms with van der Waals surface area (Å²) in [6.07, 6.45) is 5.30. The molecule has 1 saturated heterocycles. The van der Waals surface area contributed by atoms with Gasteiger partial charge in [0.1, 0.15) is 0 Å². The average Bonchev–Trinajstić information content (AvgIpc) is 2.86. The smallest absolute Gasteiger partial charge is 0.413 e. The van der Waals surface area contributed by atoms with Crippen molar-refractivity contribution in [2.24, 2.45) is 5.92 Å². The predicted molar refractivity (Wildman–Crippen MR) is 85.6 cm³/mol. The van der Waals surface area contributed by atoms with Crippen LogP contribution in [0.1, 0.15) is 44.9 Å². The summed E-state index contributed by atoms with van der Waals surface area (Å²) >= 11 is 1.53. The number of thiazole rings is 1. The topological polar surface area (TPSA) is 54.5 Å². The lowest BCUT2D eigenvalue weighted by atomic mass is 10.0. The van der Waals surface area contributed by atoms with Crippen molar-refractivity contribution in [1.82, 2.24) is 9.88 Å². The van der Waals surface area contributed by atoms with Crippen LogP contribution < -0.4 is 5.32 Å². The molecule has 0 spiro atoms. The van der Waals surface area contributed by atoms with Crippen LogP contribution in [0.15, 0.2) is 6.20 Å². The van der Waals surface area contributed by atoms with Crippen molar-refractivity contribution in [2.75, 3.05) is 18.5 Å². The maximum Gasteiger partial charge on any atom is 0.413 e. The summed E-state index contributed by atoms with van der Waals surface area (Å²) in [5, 5.41) is 3.31. The van der Waals surface area contributed by atoms with Crippen LogP contribution in [0.5, 0.6) is 0 Å². The van der Waals surface area contributed by atoms with Gasteiger partial charge in [-0.3, -0.25) is 10.2 Å². The highest BCUT2D eigenvalue weighted by atomic mass is 32.1. The van der Waals surface area contributed by atoms with Crippen LogP contribution in [-0.4, -0.2) is 35.2 Å². The molecule has 6 heteroatoms. The van der Waals surface area contributed by atoms with Crippen molar-refractivity contribution in [2.45, 2.75) is 52.6 Å². The number of anilines is 1. The van der Waals surface area contributed by atoms with Crippen LogP contribution in [0.25, 0.3) is 0 Å². The van der Waals surface area contributed by atoms with Crippen LogP contribution in [0, 0.1) is 5.92 Å². The second-order valence-electron chi connectivity index (χ2n) is 6.06. The predicted octanol–water partition coefficient (Wildman–Crippen LogP) is 3.72. The summed E-state index contributed by atoms with van der Waals surface area (Å²) in [6.45, 7) is 8.79. The quantitative estimate of drug-likeness (QED) is 0.900. The van der Waals surface area contributed by atoms with E-state index in [1.54, 1.807) is 0 Å². The first-order chi connectivity index (χ1) is 10.0. The van der Waals surface area contributed by atoms with Gasteiger partial charge in [-0.1, -0.05) is 20.3 Å². The number of ether oxygens (including phenoxy) is 1. The molecule has 1 aromatic rings. The van der Waals surface area contributed by atoms with Crippen molar-refractivity contribution < 1.29 is 9.53 Å². The number of hydrogen-bond acceptors (Lipinski definition) is 5. The maximum atomic E-state index is 11.6. The first-order valence-corrected chi connectivity index (χ1v) is 8.48. The Labute approximate surface area is 130 Å². The molecule has 0 radical (unpaired) electrons. The Hall–Kier alpha value is -1.14. The molecule has 1 aliphatic heterocycles. The third kappa shape index (κ3) is 5.28. The Morgan fingerprint density at radius 3 is 3.10 bits per heavy atom. The molecule has 1 aliphatic rings. The Morgan fingerprint density at radius 1 is 1.57 bits per heavy atom. The highest BCUT2D eigenvalue weighted by Crippen LogP contribution is 2.24. The van der Waals surface area contributed by atoms with Crippen molar-refractivity contribution in [1.29, 1.82) is 0 Å². The van der Waals surface area contributed by atoms with E-state index in [4.69, 9.17) is 4.74 Å². The van der Waals surface area contributed by atoms with Gasteiger partial charge in [0, 0.05) is 23.7 Å². The van der Waals surface area contributed by atoms with Gasteiger partial charge < -0.3 is 4.74 Å². The Balaban J connectivity index is 1.82. The van der Waals surface area contributed by atoms with Crippen LogP contribution >= 0.6 is 11.3 Å². The third-order valence-electron chi connectivity index (χ3n) is 3.61. The standard InChI is InChI=1S/C15H25N3O2S/c1-11(2)10-20-15(19)17-14-16-8-13(21-14)9-18-7-5-4-6-12(18)3/h8,11-12H,4-7,9-10H2,1-3H3,(H,16,17,19). The minimum atomic E-state index is -0.420. The fraction of sp³-hybridized carbons (Fsp3) is 0.733. The summed E-state index contributed by atoms with van der Waals surface area (Å²) < 4.78 is 5.09. The monoisotopic (exact) mass is 311 g/mol. The van der Waals surface area contributed by atoms with E-state index in [-0.39, 0.29) is 0 Å². The number of nitrogens with zero attached hydrogens (tertiary/aromatic N) is 2. The summed E-state index contributed by atoms with van der Waals surface area (Å²) in [7, 11) is 0. The van der Waals surface area contributed by atoms with Crippen LogP contribution in [0.4, 0.5) is 9.93 Å². The average molecular weight is 311 g/mol. The van der Waals surface area contributed by atoms with E-state index >= 15 is 0 Å². The molecular formula is C15H25N3O2S. The van der Waals surface area contributed by atoms with Gasteiger partial charge in [-0.2, -0.15) is 0 Å². The first-order valence-electron chi connectivity index (χ1n) is 7.67. The minimum Gasteiger partial charge on any atom is -0.449 e. The SMILES string of the molecule is CC(C)COC(=O)Nc1ncc(CN2CCCCC2C)s1. The maximum absolute atomic E-state index is 11.6. The number of carbonyl (C=O) groups excluding carboxylic acids is 1. The largest absolute Gasteiger partial charge is 0.449 e. The number of piperidine rings is 1. The zero-order valence-corrected chi connectivity index (χ0v) is 13.9. The molecule has 0 saturated carbocycles. The molecule has 0 aromatic carbocycles. The summed E-state index contributed by atoms with van der Waals surface area (Å²) in [5.41, 5.74) is 0. The van der Waals surface area contributed by atoms with Gasteiger partial charge >= 0.3 is 6.09 Å². The lowest BCUT2D eigenvalue weighted by Crippen LogP contribution is -2.36. The number of carbonyl (C=O) groups is 1. The van der Waals surface area contributed by atoms with Crippen molar-refractivity contribution in [3.63, 3.8) is 0 Å². The van der Waals surface area contributed by atoms with E-state index in [1.165, 1.54) is 35.5 Å². The molecule has 1 fully saturated rings. The van der Waals surface area contributed by atoms with E-state index in [9.17, 15) is 4.79 Å². The zero-order chi connectivity index (χ0) is 15.2. The molecule has 118 valence electrons. The van der Waals surface area contributed by atoms with E-state index < -0.39 is 6.09 Å². The Bertz CT molecular complexity index is 462. The minimum absolute atomic E-state index is 0.336. The third-order valence-corrected chi connectivity index (χ3v) is 4.51. The van der Waals surface area contributed by atoms with E-state index in [2.05, 4.69) is 22.1 Å². The van der Waals surface area contributed by atoms with Gasteiger partial charge in [-0.15, -0.1) is 11.3 Å². The highest BCUT2D eigenvalue weighted by Gasteiger charge is 2.19. The highest BCUT2D eigenvalue weighted by molar-refractivity contribution is 7.15. The molecule has 0 bridgehead atoms. The van der Waals surface area contributed by atoms with Gasteiger partial charge in [0.15, 0.2) is 5.13 Å². The van der Waals surface area contributed by atoms with Gasteiger partial charge in [-0.05, 0) is 32.2 Å². The van der Waals surface area contributed by atoms with Crippen LogP contribution in [-0.2, 0) is 11.3 Å². The van der Waals surface area contributed by atoms with Gasteiger partial charge in [-0.25, -0.2) is 9.78 Å². The Kier molecular flexibility index (Phi) is 5.99. The number of aromatic nitrogens is 1. The molecule has 1 atom stereocenters. The van der Waals surface area contributed by atoms with Crippen molar-refractivity contribution in [3.05, 3.63) is 11.1 Å². The molecule has 1 N–H and O–H groups in total. The summed E-state index contributed by atoms with van der Waals surface area (Å²) in [5.74, 6) is 0.336. The van der Waals surface area contributed by atoms with Gasteiger partial charge in [0.05, 0.1) is 6.61 Å². The molecule has 21 heavy (non-hydrogen) atoms. The van der Waals surface area contributed by atoms with Crippen molar-refractivity contribution in [3.8, 4) is 0 Å². The van der Waals surface area contributed by atoms with Gasteiger partial charge in [0.2, 0.25) is 0 Å². The molecule has 1 unspecified atom stereocenters. The Morgan fingerprint density at radius 2 is 2.38 bits per heavy atom. The molecule has 0 aliphatic carbocycles. The van der Waals surface area contributed by atoms with E-state index in [1.807, 2.05) is 20.0 Å². The molecular weight excluding hydrogens is 286 g/mol. The molecule has 5 nitrogen and oxygen atoms in total. The molecule has 2 rings (SSSR count). The second kappa shape index (κ2) is 7.75. The lowest BCUT2D eigenvalue weighted by molar-refractivity contribution is 0.147. The van der Waals surface area contributed by atoms with Crippen LogP contribution in [0.3, 0.4) is 0 Å². The molecule has 1 aromatic heterocycles. The number of hydrogen-bond donors (Lipinski definition) is 1. The number of likely N-dealkylation sites (tertiary alicyclic amines) is 1. The first kappa shape index (κ1) is 16.2. The number of amides is 1. The summed E-state index contributed by atoms with van der Waals surface area (Å²) in [6, 6.07) is 0.633. The van der Waals surface area contributed by atoms with Crippen LogP contribution in [0.2, 0.25) is 0 Å². The molecule has 2 heterocycles. The second-order valence-corrected chi connectivity index (χ2v) is 7.18. The zero-order valence-electron chi connectivity index (χ0n) is 13.1. The lowest BCUT2D eigenvalue weighted by Gasteiger charge is -2.32. The fourth-order valence-corrected chi connectivity index (χ4v) is 3.22. The fourth-order valence-electron chi connectivity index (χ4n) is 2.40. The normalized spacial score (nSPS) is 19.7. The summed E-state index contributed by atoms with van der Waals surface area (Å²) in [4.78, 5) is 19.5. The van der Waals surface area contributed by atoms with Gasteiger partial charge in [0.25, 0.3) is 0 Å². The number of nitrogens with one attached hydrogen (secondary N) is 1. The van der Waals surface area contributed by atoms with E-state index in [0.717, 1.165) is 13.1 Å². The van der Waals surface area contributed by atoms with Crippen molar-refractivity contribution >= 4 is 22.6 Å². The number of rotatable bonds is 5.